The van der Waals surface area contributed by atoms with E-state index in [0.717, 1.165) is 6.54 Å². The van der Waals surface area contributed by atoms with Crippen LogP contribution in [0.25, 0.3) is 5.52 Å². The lowest BCUT2D eigenvalue weighted by molar-refractivity contribution is -0.127. The van der Waals surface area contributed by atoms with Crippen LogP contribution >= 0.6 is 0 Å². The highest BCUT2D eigenvalue weighted by Gasteiger charge is 2.32. The number of likely N-dealkylation sites (tertiary alicyclic amines) is 1. The van der Waals surface area contributed by atoms with Gasteiger partial charge in [0.15, 0.2) is 0 Å². The van der Waals surface area contributed by atoms with Gasteiger partial charge in [-0.3, -0.25) is 0 Å². The van der Waals surface area contributed by atoms with Crippen LogP contribution in [0.3, 0.4) is 0 Å². The second kappa shape index (κ2) is 7.16. The first-order chi connectivity index (χ1) is 12.3. The third-order valence-corrected chi connectivity index (χ3v) is 4.46. The molecule has 4 nitrogen and oxygen atoms in total. The number of alkyl halides is 4. The van der Waals surface area contributed by atoms with Crippen LogP contribution in [0.5, 0.6) is 0 Å². The first kappa shape index (κ1) is 18.5. The van der Waals surface area contributed by atoms with Crippen molar-refractivity contribution in [2.24, 2.45) is 0 Å². The van der Waals surface area contributed by atoms with Gasteiger partial charge in [-0.05, 0) is 38.4 Å². The number of piperidine rings is 1. The van der Waals surface area contributed by atoms with Gasteiger partial charge >= 0.3 is 6.18 Å². The van der Waals surface area contributed by atoms with Crippen LogP contribution in [-0.2, 0) is 6.42 Å². The van der Waals surface area contributed by atoms with E-state index >= 15 is 0 Å². The van der Waals surface area contributed by atoms with Gasteiger partial charge in [0.05, 0.1) is 18.0 Å². The molecule has 1 N–H and O–H groups in total. The Labute approximate surface area is 149 Å². The fourth-order valence-corrected chi connectivity index (χ4v) is 3.23. The van der Waals surface area contributed by atoms with Crippen LogP contribution in [0.1, 0.15) is 24.6 Å². The molecule has 0 aromatic carbocycles. The van der Waals surface area contributed by atoms with Crippen molar-refractivity contribution in [3.05, 3.63) is 29.5 Å². The van der Waals surface area contributed by atoms with Gasteiger partial charge < -0.3 is 10.2 Å². The van der Waals surface area contributed by atoms with E-state index in [-0.39, 0.29) is 11.3 Å². The SMILES string of the molecule is CC#Cc1nn2c(NC3CCN(C)CC3F)cccc2c1CC(F)(F)F. The van der Waals surface area contributed by atoms with Crippen molar-refractivity contribution < 1.29 is 17.6 Å². The molecule has 0 aliphatic carbocycles. The fraction of sp³-hybridized carbons (Fsp3) is 0.500. The number of pyridine rings is 1. The van der Waals surface area contributed by atoms with Gasteiger partial charge in [0, 0.05) is 18.7 Å². The molecule has 8 heteroatoms. The standard InChI is InChI=1S/C18H20F4N4/c1-3-5-14-12(10-18(20,21)22)16-6-4-7-17(26(16)24-14)23-15-8-9-25(2)11-13(15)19/h4,6-7,13,15,23H,8-11H2,1-2H3. The summed E-state index contributed by atoms with van der Waals surface area (Å²) in [5.41, 5.74) is 0.461. The van der Waals surface area contributed by atoms with E-state index in [9.17, 15) is 17.6 Å². The number of fused-ring (bicyclic) bond motifs is 1. The molecule has 1 saturated heterocycles. The van der Waals surface area contributed by atoms with Gasteiger partial charge in [-0.15, -0.1) is 0 Å². The van der Waals surface area contributed by atoms with Crippen LogP contribution in [0.2, 0.25) is 0 Å². The number of anilines is 1. The minimum Gasteiger partial charge on any atom is -0.364 e. The molecule has 0 spiro atoms. The first-order valence-electron chi connectivity index (χ1n) is 8.38. The van der Waals surface area contributed by atoms with Crippen LogP contribution in [-0.4, -0.2) is 53.0 Å². The highest BCUT2D eigenvalue weighted by Crippen LogP contribution is 2.28. The Balaban J connectivity index is 1.99. The van der Waals surface area contributed by atoms with E-state index in [1.807, 2.05) is 11.9 Å². The molecule has 0 bridgehead atoms. The van der Waals surface area contributed by atoms with Crippen molar-refractivity contribution in [1.29, 1.82) is 0 Å². The zero-order chi connectivity index (χ0) is 18.9. The van der Waals surface area contributed by atoms with E-state index in [4.69, 9.17) is 0 Å². The van der Waals surface area contributed by atoms with Crippen LogP contribution < -0.4 is 5.32 Å². The van der Waals surface area contributed by atoms with Gasteiger partial charge in [-0.1, -0.05) is 12.0 Å². The summed E-state index contributed by atoms with van der Waals surface area (Å²) in [4.78, 5) is 1.91. The fourth-order valence-electron chi connectivity index (χ4n) is 3.23. The molecule has 2 atom stereocenters. The van der Waals surface area contributed by atoms with Gasteiger partial charge in [-0.2, -0.15) is 18.3 Å². The van der Waals surface area contributed by atoms with Gasteiger partial charge in [0.2, 0.25) is 0 Å². The Hall–Kier alpha value is -2.27. The lowest BCUT2D eigenvalue weighted by atomic mass is 10.0. The van der Waals surface area contributed by atoms with Crippen molar-refractivity contribution in [2.45, 2.75) is 38.2 Å². The monoisotopic (exact) mass is 368 g/mol. The van der Waals surface area contributed by atoms with Crippen LogP contribution in [0, 0.1) is 11.8 Å². The summed E-state index contributed by atoms with van der Waals surface area (Å²) in [7, 11) is 1.86. The molecular weight excluding hydrogens is 348 g/mol. The summed E-state index contributed by atoms with van der Waals surface area (Å²) < 4.78 is 54.6. The Morgan fingerprint density at radius 2 is 2.12 bits per heavy atom. The summed E-state index contributed by atoms with van der Waals surface area (Å²) in [5.74, 6) is 5.71. The molecule has 3 heterocycles. The summed E-state index contributed by atoms with van der Waals surface area (Å²) >= 11 is 0. The minimum atomic E-state index is -4.37. The molecule has 0 amide bonds. The third kappa shape index (κ3) is 3.93. The highest BCUT2D eigenvalue weighted by atomic mass is 19.4. The molecule has 3 rings (SSSR count). The molecule has 1 aliphatic rings. The molecule has 1 fully saturated rings. The van der Waals surface area contributed by atoms with Crippen LogP contribution in [0.15, 0.2) is 18.2 Å². The maximum absolute atomic E-state index is 14.3. The van der Waals surface area contributed by atoms with Crippen molar-refractivity contribution in [3.8, 4) is 11.8 Å². The molecule has 2 unspecified atom stereocenters. The zero-order valence-electron chi connectivity index (χ0n) is 14.6. The molecule has 2 aromatic rings. The number of rotatable bonds is 3. The average Bonchev–Trinajstić information content (AvgIpc) is 2.88. The first-order valence-corrected chi connectivity index (χ1v) is 8.38. The minimum absolute atomic E-state index is 0.0377. The lowest BCUT2D eigenvalue weighted by Crippen LogP contribution is -2.46. The number of hydrogen-bond acceptors (Lipinski definition) is 3. The maximum Gasteiger partial charge on any atom is 0.393 e. The van der Waals surface area contributed by atoms with E-state index in [1.54, 1.807) is 25.1 Å². The van der Waals surface area contributed by atoms with E-state index in [0.29, 0.717) is 24.3 Å². The molecule has 2 aromatic heterocycles. The predicted molar refractivity (Wildman–Crippen MR) is 91.9 cm³/mol. The topological polar surface area (TPSA) is 32.6 Å². The summed E-state index contributed by atoms with van der Waals surface area (Å²) in [6.07, 6.45) is -5.94. The lowest BCUT2D eigenvalue weighted by Gasteiger charge is -2.33. The normalized spacial score (nSPS) is 21.5. The highest BCUT2D eigenvalue weighted by molar-refractivity contribution is 5.64. The van der Waals surface area contributed by atoms with E-state index in [2.05, 4.69) is 22.3 Å². The smallest absolute Gasteiger partial charge is 0.364 e. The Morgan fingerprint density at radius 1 is 1.35 bits per heavy atom. The van der Waals surface area contributed by atoms with Crippen LogP contribution in [0.4, 0.5) is 23.4 Å². The Bertz CT molecular complexity index is 846. The second-order valence-electron chi connectivity index (χ2n) is 6.52. The quantitative estimate of drug-likeness (QED) is 0.667. The number of hydrogen-bond donors (Lipinski definition) is 1. The van der Waals surface area contributed by atoms with E-state index < -0.39 is 24.8 Å². The second-order valence-corrected chi connectivity index (χ2v) is 6.52. The number of nitrogens with one attached hydrogen (secondary N) is 1. The molecular formula is C18H20F4N4. The van der Waals surface area contributed by atoms with Crippen molar-refractivity contribution in [1.82, 2.24) is 14.5 Å². The third-order valence-electron chi connectivity index (χ3n) is 4.46. The van der Waals surface area contributed by atoms with Gasteiger partial charge in [0.25, 0.3) is 0 Å². The molecule has 0 radical (unpaired) electrons. The zero-order valence-corrected chi connectivity index (χ0v) is 14.6. The summed E-state index contributed by atoms with van der Waals surface area (Å²) in [6, 6.07) is 4.49. The summed E-state index contributed by atoms with van der Waals surface area (Å²) in [6.45, 7) is 2.62. The molecule has 140 valence electrons. The molecule has 26 heavy (non-hydrogen) atoms. The number of nitrogens with zero attached hydrogens (tertiary/aromatic N) is 3. The van der Waals surface area contributed by atoms with Gasteiger partial charge in [0.1, 0.15) is 17.7 Å². The predicted octanol–water partition coefficient (Wildman–Crippen LogP) is 3.26. The van der Waals surface area contributed by atoms with Gasteiger partial charge in [-0.25, -0.2) is 8.91 Å². The Kier molecular flexibility index (Phi) is 5.10. The summed E-state index contributed by atoms with van der Waals surface area (Å²) in [5, 5.41) is 7.35. The van der Waals surface area contributed by atoms with Crippen molar-refractivity contribution in [3.63, 3.8) is 0 Å². The molecule has 1 aliphatic heterocycles. The largest absolute Gasteiger partial charge is 0.393 e. The number of halogens is 4. The molecule has 0 saturated carbocycles. The maximum atomic E-state index is 14.3. The van der Waals surface area contributed by atoms with E-state index in [1.165, 1.54) is 4.52 Å². The van der Waals surface area contributed by atoms with Crippen molar-refractivity contribution >= 4 is 11.3 Å². The average molecular weight is 368 g/mol. The van der Waals surface area contributed by atoms with Crippen molar-refractivity contribution in [2.75, 3.05) is 25.5 Å². The number of aromatic nitrogens is 2. The Morgan fingerprint density at radius 3 is 2.77 bits per heavy atom.